The second kappa shape index (κ2) is 27.9. The van der Waals surface area contributed by atoms with Crippen molar-refractivity contribution in [3.05, 3.63) is 135 Å². The first-order valence-electron chi connectivity index (χ1n) is 23.3. The Kier molecular flexibility index (Phi) is 25.3. The standard InChI is InChI=1S/2C26H33Si.C3H4F3.CH3.2ClH.Si.Zr/c2*1-27(2,3)24-15-13-22(14-16-24)25-12-8-11-23-18-21(19-26(23)25)17-20-9-6-4-5-7-10-20;1-2-3(4,5)6;;;;;/h2*8,11-16,18-20H,4-7,9-10,17H2,1-3H3;1-2H2;1H3;2*1H;;/q4*-1;;;;. The Morgan fingerprint density at radius 1 is 0.554 bits per heavy atom. The molecule has 0 aliphatic heterocycles. The Hall–Kier alpha value is -2.00. The molecule has 0 bridgehead atoms. The van der Waals surface area contributed by atoms with Crippen LogP contribution in [-0.2, 0) is 36.2 Å². The molecule has 0 spiro atoms. The molecule has 0 saturated heterocycles. The van der Waals surface area contributed by atoms with Crippen LogP contribution in [0.15, 0.2) is 109 Å². The number of hydrogen-bond donors (Lipinski definition) is 0. The molecule has 2 aliphatic rings. The summed E-state index contributed by atoms with van der Waals surface area (Å²) in [7, 11) is -2.47. The Bertz CT molecular complexity index is 2090. The van der Waals surface area contributed by atoms with E-state index in [9.17, 15) is 13.2 Å². The SMILES string of the molecule is C[Si](C)(C)c1ccc(-c2cccc3[cH-]c(CC4CCCCCC4)cc23)cc1.C[Si](C)(C)c1ccc(-c2cccc3[cH-]c(CC4CCCCCC4)cc23)cc1.Cl.Cl.[CH2-]CC(F)(F)F.[CH3-].[Si]=[Zr]. The summed E-state index contributed by atoms with van der Waals surface area (Å²) in [5, 5.41) is 8.75. The predicted octanol–water partition coefficient (Wildman–Crippen LogP) is 17.3. The fraction of sp³-hybridized carbons (Fsp3) is 0.429. The molecular formula is C56H75Cl2F3Si3Zr-4. The van der Waals surface area contributed by atoms with Crippen molar-refractivity contribution in [2.45, 2.75) is 142 Å². The van der Waals surface area contributed by atoms with E-state index in [2.05, 4.69) is 162 Å². The third kappa shape index (κ3) is 18.1. The van der Waals surface area contributed by atoms with Crippen LogP contribution in [0.1, 0.15) is 94.6 Å². The normalized spacial score (nSPS) is 14.9. The number of halogens is 5. The van der Waals surface area contributed by atoms with Crippen LogP contribution in [0.4, 0.5) is 13.2 Å². The van der Waals surface area contributed by atoms with Crippen LogP contribution in [0.2, 0.25) is 39.3 Å². The molecule has 65 heavy (non-hydrogen) atoms. The first-order valence-corrected chi connectivity index (χ1v) is 34.5. The minimum atomic E-state index is -4.07. The Morgan fingerprint density at radius 2 is 0.862 bits per heavy atom. The maximum absolute atomic E-state index is 10.7. The Balaban J connectivity index is 0.000000370. The monoisotopic (exact) mass is 1050 g/mol. The van der Waals surface area contributed by atoms with Crippen LogP contribution in [0.25, 0.3) is 43.8 Å². The molecule has 0 atom stereocenters. The molecule has 6 aromatic carbocycles. The molecule has 6 aromatic rings. The van der Waals surface area contributed by atoms with Gasteiger partial charge in [-0.2, -0.15) is 25.3 Å². The van der Waals surface area contributed by atoms with Gasteiger partial charge in [-0.15, -0.1) is 93.9 Å². The maximum atomic E-state index is 10.7. The van der Waals surface area contributed by atoms with Gasteiger partial charge in [0.05, 0.1) is 16.1 Å². The van der Waals surface area contributed by atoms with Crippen molar-refractivity contribution in [2.24, 2.45) is 11.8 Å². The van der Waals surface area contributed by atoms with Gasteiger partial charge < -0.3 is 14.4 Å². The molecule has 0 aromatic heterocycles. The van der Waals surface area contributed by atoms with Gasteiger partial charge >= 0.3 is 36.4 Å². The summed E-state index contributed by atoms with van der Waals surface area (Å²) in [5.74, 6) is 1.78. The average molecular weight is 1050 g/mol. The first-order chi connectivity index (χ1) is 29.6. The summed E-state index contributed by atoms with van der Waals surface area (Å²) in [4.78, 5) is 0. The van der Waals surface area contributed by atoms with Gasteiger partial charge in [-0.05, 0) is 35.8 Å². The van der Waals surface area contributed by atoms with E-state index in [4.69, 9.17) is 0 Å². The van der Waals surface area contributed by atoms with Crippen molar-refractivity contribution in [2.75, 3.05) is 0 Å². The van der Waals surface area contributed by atoms with Gasteiger partial charge in [0, 0.05) is 0 Å². The molecule has 2 fully saturated rings. The van der Waals surface area contributed by atoms with Crippen molar-refractivity contribution in [3.8, 4) is 22.3 Å². The van der Waals surface area contributed by atoms with Gasteiger partial charge in [-0.1, -0.05) is 205 Å². The number of alkyl halides is 3. The van der Waals surface area contributed by atoms with Crippen molar-refractivity contribution >= 4 is 79.8 Å². The van der Waals surface area contributed by atoms with Crippen LogP contribution in [0.5, 0.6) is 0 Å². The van der Waals surface area contributed by atoms with Crippen LogP contribution in [0, 0.1) is 26.2 Å². The van der Waals surface area contributed by atoms with Crippen molar-refractivity contribution in [1.29, 1.82) is 0 Å². The van der Waals surface area contributed by atoms with E-state index in [-0.39, 0.29) is 32.2 Å². The molecule has 2 aliphatic carbocycles. The minimum absolute atomic E-state index is 0. The van der Waals surface area contributed by atoms with Crippen molar-refractivity contribution in [1.82, 2.24) is 0 Å². The van der Waals surface area contributed by atoms with Crippen LogP contribution >= 0.6 is 24.8 Å². The molecule has 0 heterocycles. The fourth-order valence-corrected chi connectivity index (χ4v) is 11.8. The molecule has 8 rings (SSSR count). The van der Waals surface area contributed by atoms with E-state index in [1.807, 2.05) is 0 Å². The second-order valence-electron chi connectivity index (χ2n) is 20.0. The molecule has 354 valence electrons. The quantitative estimate of drug-likeness (QED) is 0.0810. The van der Waals surface area contributed by atoms with Crippen molar-refractivity contribution in [3.63, 3.8) is 0 Å². The number of hydrogen-bond acceptors (Lipinski definition) is 0. The van der Waals surface area contributed by atoms with Gasteiger partial charge in [0.2, 0.25) is 0 Å². The fourth-order valence-electron chi connectivity index (χ4n) is 9.44. The zero-order valence-electron chi connectivity index (χ0n) is 40.3. The van der Waals surface area contributed by atoms with E-state index in [1.165, 1.54) is 167 Å². The van der Waals surface area contributed by atoms with Gasteiger partial charge in [-0.25, -0.2) is 0 Å². The van der Waals surface area contributed by atoms with Crippen LogP contribution in [-0.4, -0.2) is 29.2 Å². The molecule has 0 N–H and O–H groups in total. The Morgan fingerprint density at radius 3 is 1.14 bits per heavy atom. The summed E-state index contributed by atoms with van der Waals surface area (Å²) < 4.78 is 32.2. The van der Waals surface area contributed by atoms with Crippen LogP contribution < -0.4 is 10.4 Å². The predicted molar refractivity (Wildman–Crippen MR) is 288 cm³/mol. The zero-order valence-corrected chi connectivity index (χ0v) is 47.4. The molecule has 0 nitrogen and oxygen atoms in total. The summed E-state index contributed by atoms with van der Waals surface area (Å²) in [6, 6.07) is 42.2. The zero-order chi connectivity index (χ0) is 44.9. The van der Waals surface area contributed by atoms with E-state index < -0.39 is 28.7 Å². The van der Waals surface area contributed by atoms with Gasteiger partial charge in [0.1, 0.15) is 0 Å². The molecule has 0 amide bonds. The van der Waals surface area contributed by atoms with Gasteiger partial charge in [-0.3, -0.25) is 0 Å². The van der Waals surface area contributed by atoms with E-state index in [0.717, 1.165) is 11.8 Å². The van der Waals surface area contributed by atoms with Gasteiger partial charge in [0.25, 0.3) is 0 Å². The molecule has 0 unspecified atom stereocenters. The topological polar surface area (TPSA) is 0 Å². The Labute approximate surface area is 423 Å². The van der Waals surface area contributed by atoms with Crippen molar-refractivity contribution < 1.29 is 36.5 Å². The van der Waals surface area contributed by atoms with E-state index in [1.54, 1.807) is 11.1 Å². The molecule has 9 heteroatoms. The first kappa shape index (κ1) is 59.1. The summed E-state index contributed by atoms with van der Waals surface area (Å²) in [6.07, 6.45) is 14.7. The number of benzene rings is 4. The molecule has 2 radical (unpaired) electrons. The molecule has 2 saturated carbocycles. The van der Waals surface area contributed by atoms with E-state index in [0.29, 0.717) is 0 Å². The van der Waals surface area contributed by atoms with Crippen LogP contribution in [0.3, 0.4) is 0 Å². The van der Waals surface area contributed by atoms with Gasteiger partial charge in [0.15, 0.2) is 0 Å². The average Bonchev–Trinajstić information content (AvgIpc) is 3.63. The third-order valence-electron chi connectivity index (χ3n) is 13.0. The second-order valence-corrected chi connectivity index (χ2v) is 30.1. The summed E-state index contributed by atoms with van der Waals surface area (Å²) in [6.45, 7) is 20.2. The summed E-state index contributed by atoms with van der Waals surface area (Å²) >= 11 is 1.36. The third-order valence-corrected chi connectivity index (χ3v) is 17.2. The van der Waals surface area contributed by atoms with E-state index >= 15 is 0 Å². The molecular weight excluding hydrogens is 976 g/mol. The number of rotatable bonds is 8. The number of fused-ring (bicyclic) bond motifs is 2. The summed E-state index contributed by atoms with van der Waals surface area (Å²) in [5.41, 5.74) is 8.58.